The van der Waals surface area contributed by atoms with Crippen LogP contribution in [0.5, 0.6) is 5.75 Å². The average molecular weight is 735 g/mol. The summed E-state index contributed by atoms with van der Waals surface area (Å²) >= 11 is 13.4. The lowest BCUT2D eigenvalue weighted by Crippen LogP contribution is -2.20. The van der Waals surface area contributed by atoms with E-state index in [4.69, 9.17) is 16.3 Å². The highest BCUT2D eigenvalue weighted by Gasteiger charge is 2.32. The van der Waals surface area contributed by atoms with Gasteiger partial charge in [0.15, 0.2) is 0 Å². The van der Waals surface area contributed by atoms with Gasteiger partial charge >= 0.3 is 0 Å². The minimum Gasteiger partial charge on any atom is -0.487 e. The normalized spacial score (nSPS) is 11.3. The van der Waals surface area contributed by atoms with Gasteiger partial charge in [-0.2, -0.15) is 0 Å². The molecule has 2 heterocycles. The highest BCUT2D eigenvalue weighted by Crippen LogP contribution is 2.43. The quantitative estimate of drug-likeness (QED) is 0.126. The Morgan fingerprint density at radius 1 is 0.682 bits per heavy atom. The fraction of sp³-hybridized carbons (Fsp3) is 0.118. The van der Waals surface area contributed by atoms with E-state index < -0.39 is 5.92 Å². The van der Waals surface area contributed by atoms with Crippen molar-refractivity contribution in [2.75, 3.05) is 0 Å². The van der Waals surface area contributed by atoms with E-state index in [9.17, 15) is 9.59 Å². The molecular weight excluding hydrogens is 708 g/mol. The monoisotopic (exact) mass is 732 g/mol. The second-order valence-electron chi connectivity index (χ2n) is 10.6. The largest absolute Gasteiger partial charge is 0.487 e. The Balaban J connectivity index is 1.52. The Hall–Kier alpha value is -4.05. The maximum atomic E-state index is 13.6. The number of nitrogens with one attached hydrogen (secondary N) is 4. The predicted molar refractivity (Wildman–Crippen MR) is 182 cm³/mol. The second-order valence-corrected chi connectivity index (χ2v) is 12.8. The number of hydrogen-bond acceptors (Lipinski definition) is 3. The van der Waals surface area contributed by atoms with Crippen molar-refractivity contribution in [1.29, 1.82) is 0 Å². The summed E-state index contributed by atoms with van der Waals surface area (Å²) in [6.45, 7) is 4.33. The van der Waals surface area contributed by atoms with Gasteiger partial charge in [-0.05, 0) is 92.2 Å². The zero-order chi connectivity index (χ0) is 31.0. The van der Waals surface area contributed by atoms with Gasteiger partial charge in [-0.15, -0.1) is 0 Å². The van der Waals surface area contributed by atoms with Crippen LogP contribution < -0.4 is 15.9 Å². The number of hydrogen-bond donors (Lipinski definition) is 4. The lowest BCUT2D eigenvalue weighted by atomic mass is 9.83. The SMILES string of the molecule is Cc1ccc(-c2[nH][nH]c(=O)c2C(c2cc(Br)c(OCc3ccc(Cl)cc3)c(Br)c2)c2c(-c3ccc(C)cc3)[nH][nH]c2=O)cc1. The van der Waals surface area contributed by atoms with Crippen LogP contribution in [-0.4, -0.2) is 20.4 Å². The topological polar surface area (TPSA) is 107 Å². The molecule has 0 aliphatic heterocycles. The Morgan fingerprint density at radius 3 is 1.59 bits per heavy atom. The Morgan fingerprint density at radius 2 is 1.14 bits per heavy atom. The van der Waals surface area contributed by atoms with Gasteiger partial charge in [-0.25, -0.2) is 0 Å². The third-order valence-corrected chi connectivity index (χ3v) is 8.97. The van der Waals surface area contributed by atoms with Gasteiger partial charge in [0.1, 0.15) is 12.4 Å². The van der Waals surface area contributed by atoms with E-state index in [0.717, 1.165) is 27.8 Å². The smallest absolute Gasteiger partial charge is 0.268 e. The first kappa shape index (κ1) is 30.0. The van der Waals surface area contributed by atoms with Crippen LogP contribution in [0.2, 0.25) is 5.02 Å². The summed E-state index contributed by atoms with van der Waals surface area (Å²) in [6, 6.07) is 27.0. The standard InChI is InChI=1S/C34H27Br2ClN4O3/c1-18-3-9-21(10-4-18)30-28(33(42)40-38-30)27(29-31(39-41-34(29)43)22-11-5-19(2)6-12-22)23-15-25(35)32(26(36)16-23)44-17-20-7-13-24(37)14-8-20/h3-16,27H,17H2,1-2H3,(H2,38,40,42)(H2,39,41,43). The van der Waals surface area contributed by atoms with E-state index in [0.29, 0.717) is 54.4 Å². The van der Waals surface area contributed by atoms with E-state index in [-0.39, 0.29) is 11.1 Å². The van der Waals surface area contributed by atoms with E-state index in [1.54, 1.807) is 0 Å². The summed E-state index contributed by atoms with van der Waals surface area (Å²) in [5, 5.41) is 12.3. The second kappa shape index (κ2) is 12.5. The molecule has 222 valence electrons. The third kappa shape index (κ3) is 6.00. The molecule has 0 aliphatic carbocycles. The minimum absolute atomic E-state index is 0.321. The molecule has 0 aliphatic rings. The van der Waals surface area contributed by atoms with Crippen molar-refractivity contribution in [1.82, 2.24) is 20.4 Å². The maximum absolute atomic E-state index is 13.6. The molecular formula is C34H27Br2ClN4O3. The molecule has 0 fully saturated rings. The highest BCUT2D eigenvalue weighted by atomic mass is 79.9. The molecule has 4 aromatic carbocycles. The van der Waals surface area contributed by atoms with Crippen molar-refractivity contribution < 1.29 is 4.74 Å². The van der Waals surface area contributed by atoms with Crippen molar-refractivity contribution >= 4 is 43.5 Å². The number of ether oxygens (including phenoxy) is 1. The first-order valence-electron chi connectivity index (χ1n) is 13.8. The summed E-state index contributed by atoms with van der Waals surface area (Å²) in [7, 11) is 0. The predicted octanol–water partition coefficient (Wildman–Crippen LogP) is 8.61. The van der Waals surface area contributed by atoms with Gasteiger partial charge in [0.05, 0.1) is 31.5 Å². The lowest BCUT2D eigenvalue weighted by molar-refractivity contribution is 0.302. The molecule has 0 bridgehead atoms. The van der Waals surface area contributed by atoms with E-state index in [2.05, 4.69) is 52.3 Å². The number of aryl methyl sites for hydroxylation is 2. The van der Waals surface area contributed by atoms with E-state index in [1.165, 1.54) is 0 Å². The summed E-state index contributed by atoms with van der Waals surface area (Å²) in [5.41, 5.74) is 6.88. The summed E-state index contributed by atoms with van der Waals surface area (Å²) in [4.78, 5) is 27.3. The number of benzene rings is 4. The van der Waals surface area contributed by atoms with Crippen LogP contribution in [0, 0.1) is 13.8 Å². The van der Waals surface area contributed by atoms with Gasteiger partial charge in [-0.3, -0.25) is 30.0 Å². The zero-order valence-corrected chi connectivity index (χ0v) is 27.7. The molecule has 44 heavy (non-hydrogen) atoms. The molecule has 2 aromatic heterocycles. The third-order valence-electron chi connectivity index (χ3n) is 7.54. The lowest BCUT2D eigenvalue weighted by Gasteiger charge is -2.20. The van der Waals surface area contributed by atoms with Crippen molar-refractivity contribution in [3.63, 3.8) is 0 Å². The molecule has 0 saturated carbocycles. The Kier molecular flexibility index (Phi) is 8.53. The van der Waals surface area contributed by atoms with Gasteiger partial charge < -0.3 is 4.74 Å². The van der Waals surface area contributed by atoms with E-state index >= 15 is 0 Å². The maximum Gasteiger partial charge on any atom is 0.268 e. The summed E-state index contributed by atoms with van der Waals surface area (Å²) in [5.74, 6) is -0.170. The molecule has 0 amide bonds. The molecule has 0 radical (unpaired) electrons. The van der Waals surface area contributed by atoms with Crippen molar-refractivity contribution in [2.24, 2.45) is 0 Å². The van der Waals surface area contributed by atoms with Crippen molar-refractivity contribution in [2.45, 2.75) is 26.4 Å². The molecule has 6 rings (SSSR count). The van der Waals surface area contributed by atoms with Crippen LogP contribution in [0.1, 0.15) is 39.3 Å². The van der Waals surface area contributed by atoms with Crippen LogP contribution >= 0.6 is 43.5 Å². The Bertz CT molecular complexity index is 1940. The number of H-pyrrole nitrogens is 4. The molecule has 0 spiro atoms. The number of halogens is 3. The van der Waals surface area contributed by atoms with Crippen LogP contribution in [0.25, 0.3) is 22.5 Å². The molecule has 0 saturated heterocycles. The van der Waals surface area contributed by atoms with Crippen LogP contribution in [-0.2, 0) is 6.61 Å². The van der Waals surface area contributed by atoms with Crippen LogP contribution in [0.15, 0.2) is 103 Å². The Labute approximate surface area is 274 Å². The van der Waals surface area contributed by atoms with Crippen LogP contribution in [0.3, 0.4) is 0 Å². The molecule has 10 heteroatoms. The molecule has 4 N–H and O–H groups in total. The molecule has 7 nitrogen and oxygen atoms in total. The van der Waals surface area contributed by atoms with Gasteiger partial charge in [0, 0.05) is 10.9 Å². The minimum atomic E-state index is -0.759. The first-order chi connectivity index (χ1) is 21.2. The molecule has 6 aromatic rings. The highest BCUT2D eigenvalue weighted by molar-refractivity contribution is 9.11. The van der Waals surface area contributed by atoms with Gasteiger partial charge in [0.25, 0.3) is 11.1 Å². The number of aromatic nitrogens is 4. The number of aromatic amines is 4. The van der Waals surface area contributed by atoms with Crippen molar-refractivity contribution in [3.8, 4) is 28.3 Å². The van der Waals surface area contributed by atoms with Gasteiger partial charge in [-0.1, -0.05) is 83.4 Å². The van der Waals surface area contributed by atoms with E-state index in [1.807, 2.05) is 98.8 Å². The first-order valence-corrected chi connectivity index (χ1v) is 15.8. The fourth-order valence-electron chi connectivity index (χ4n) is 5.28. The average Bonchev–Trinajstić information content (AvgIpc) is 3.57. The molecule has 0 atom stereocenters. The summed E-state index contributed by atoms with van der Waals surface area (Å²) in [6.07, 6.45) is 0. The van der Waals surface area contributed by atoms with Crippen molar-refractivity contribution in [3.05, 3.63) is 153 Å². The fourth-order valence-corrected chi connectivity index (χ4v) is 6.86. The van der Waals surface area contributed by atoms with Crippen LogP contribution in [0.4, 0.5) is 0 Å². The number of rotatable bonds is 8. The van der Waals surface area contributed by atoms with Gasteiger partial charge in [0.2, 0.25) is 0 Å². The molecule has 0 unspecified atom stereocenters. The zero-order valence-electron chi connectivity index (χ0n) is 23.7. The summed E-state index contributed by atoms with van der Waals surface area (Å²) < 4.78 is 7.50.